The fourth-order valence-electron chi connectivity index (χ4n) is 2.82. The van der Waals surface area contributed by atoms with E-state index in [9.17, 15) is 26.7 Å². The molecule has 0 spiro atoms. The average molecular weight is 455 g/mol. The molecule has 7 nitrogen and oxygen atoms in total. The number of benzene rings is 2. The molecule has 0 saturated carbocycles. The molecule has 32 heavy (non-hydrogen) atoms. The van der Waals surface area contributed by atoms with Gasteiger partial charge < -0.3 is 10.1 Å². The number of alkyl halides is 3. The Morgan fingerprint density at radius 1 is 1.19 bits per heavy atom. The second kappa shape index (κ2) is 9.30. The van der Waals surface area contributed by atoms with Crippen LogP contribution in [-0.4, -0.2) is 41.8 Å². The third kappa shape index (κ3) is 5.38. The van der Waals surface area contributed by atoms with Crippen molar-refractivity contribution in [3.05, 3.63) is 59.2 Å². The molecular weight excluding hydrogens is 437 g/mol. The van der Waals surface area contributed by atoms with Crippen LogP contribution in [0.2, 0.25) is 0 Å². The van der Waals surface area contributed by atoms with Gasteiger partial charge in [0.1, 0.15) is 0 Å². The van der Waals surface area contributed by atoms with E-state index in [1.165, 1.54) is 13.2 Å². The Kier molecular flexibility index (Phi) is 6.72. The number of methoxy groups -OCH3 is 1. The van der Waals surface area contributed by atoms with Gasteiger partial charge in [0.25, 0.3) is 5.91 Å². The number of amides is 1. The lowest BCUT2D eigenvalue weighted by molar-refractivity contribution is -0.137. The molecule has 0 bridgehead atoms. The molecule has 170 valence electrons. The zero-order valence-electron chi connectivity index (χ0n) is 16.8. The molecule has 1 aromatic heterocycles. The molecule has 1 heterocycles. The third-order valence-corrected chi connectivity index (χ3v) is 4.30. The molecule has 0 fully saturated rings. The molecule has 3 aromatic rings. The number of nitrogens with zero attached hydrogens (tertiary/aromatic N) is 2. The van der Waals surface area contributed by atoms with E-state index in [0.29, 0.717) is 5.39 Å². The van der Waals surface area contributed by atoms with Crippen LogP contribution >= 0.6 is 0 Å². The number of ether oxygens (including phenoxy) is 1. The van der Waals surface area contributed by atoms with Gasteiger partial charge in [0.05, 0.1) is 23.7 Å². The summed E-state index contributed by atoms with van der Waals surface area (Å²) in [6.45, 7) is 1.88. The number of anilines is 1. The van der Waals surface area contributed by atoms with Gasteiger partial charge in [0.2, 0.25) is 5.96 Å². The standard InChI is InChI=1S/C20H18F5N5O2/c1-10(9-32-2)26-19(28-18(31)11-3-6-14(21)15(22)7-11)27-17-13-5-4-12(20(23,24)25)8-16(13)29-30-17/h3-8,10H,9H2,1-2H3,(H3,26,27,28,29,30,31). The molecule has 0 saturated heterocycles. The highest BCUT2D eigenvalue weighted by Crippen LogP contribution is 2.32. The van der Waals surface area contributed by atoms with Crippen LogP contribution in [0.15, 0.2) is 41.4 Å². The molecular formula is C20H18F5N5O2. The zero-order valence-corrected chi connectivity index (χ0v) is 16.8. The summed E-state index contributed by atoms with van der Waals surface area (Å²) in [5.41, 5.74) is -0.910. The summed E-state index contributed by atoms with van der Waals surface area (Å²) < 4.78 is 70.4. The number of guanidine groups is 1. The third-order valence-electron chi connectivity index (χ3n) is 4.30. The molecule has 3 N–H and O–H groups in total. The second-order valence-electron chi connectivity index (χ2n) is 6.82. The van der Waals surface area contributed by atoms with Crippen molar-refractivity contribution in [2.75, 3.05) is 19.0 Å². The highest BCUT2D eigenvalue weighted by Gasteiger charge is 2.31. The highest BCUT2D eigenvalue weighted by atomic mass is 19.4. The molecule has 0 aliphatic heterocycles. The smallest absolute Gasteiger partial charge is 0.382 e. The van der Waals surface area contributed by atoms with E-state index in [1.807, 2.05) is 0 Å². The number of hydrogen-bond acceptors (Lipinski definition) is 4. The molecule has 0 aliphatic rings. The summed E-state index contributed by atoms with van der Waals surface area (Å²) in [4.78, 5) is 16.8. The number of halogens is 5. The van der Waals surface area contributed by atoms with Crippen LogP contribution in [0.1, 0.15) is 22.8 Å². The van der Waals surface area contributed by atoms with Crippen molar-refractivity contribution in [3.8, 4) is 0 Å². The monoisotopic (exact) mass is 455 g/mol. The number of carbonyl (C=O) groups excluding carboxylic acids is 1. The quantitative estimate of drug-likeness (QED) is 0.307. The van der Waals surface area contributed by atoms with E-state index in [2.05, 4.69) is 25.8 Å². The summed E-state index contributed by atoms with van der Waals surface area (Å²) in [6, 6.07) is 5.20. The number of H-pyrrole nitrogens is 1. The number of carbonyl (C=O) groups is 1. The van der Waals surface area contributed by atoms with Gasteiger partial charge in [-0.1, -0.05) is 0 Å². The van der Waals surface area contributed by atoms with Crippen molar-refractivity contribution < 1.29 is 31.5 Å². The topological polar surface area (TPSA) is 91.4 Å². The Labute approximate surface area is 178 Å². The van der Waals surface area contributed by atoms with Crippen LogP contribution in [-0.2, 0) is 10.9 Å². The first-order chi connectivity index (χ1) is 15.1. The van der Waals surface area contributed by atoms with Gasteiger partial charge in [-0.05, 0) is 43.3 Å². The van der Waals surface area contributed by atoms with Crippen LogP contribution in [0.3, 0.4) is 0 Å². The summed E-state index contributed by atoms with van der Waals surface area (Å²) in [5, 5.41) is 11.9. The Hall–Kier alpha value is -3.54. The number of aliphatic imine (C=N–C) groups is 1. The second-order valence-corrected chi connectivity index (χ2v) is 6.82. The first-order valence-electron chi connectivity index (χ1n) is 9.24. The van der Waals surface area contributed by atoms with Crippen molar-refractivity contribution in [2.45, 2.75) is 19.1 Å². The lowest BCUT2D eigenvalue weighted by Crippen LogP contribution is -2.37. The summed E-state index contributed by atoms with van der Waals surface area (Å²) in [5.74, 6) is -3.11. The van der Waals surface area contributed by atoms with Crippen LogP contribution in [0, 0.1) is 11.6 Å². The van der Waals surface area contributed by atoms with Gasteiger partial charge in [-0.3, -0.25) is 15.2 Å². The first kappa shape index (κ1) is 23.1. The maximum absolute atomic E-state index is 13.5. The van der Waals surface area contributed by atoms with Crippen molar-refractivity contribution in [1.29, 1.82) is 0 Å². The van der Waals surface area contributed by atoms with Crippen LogP contribution in [0.4, 0.5) is 27.8 Å². The van der Waals surface area contributed by atoms with E-state index in [1.54, 1.807) is 6.92 Å². The predicted molar refractivity (Wildman–Crippen MR) is 107 cm³/mol. The van der Waals surface area contributed by atoms with Gasteiger partial charge in [-0.15, -0.1) is 0 Å². The average Bonchev–Trinajstić information content (AvgIpc) is 3.11. The van der Waals surface area contributed by atoms with Gasteiger partial charge in [-0.2, -0.15) is 18.3 Å². The Balaban J connectivity index is 1.89. The van der Waals surface area contributed by atoms with E-state index in [-0.39, 0.29) is 29.5 Å². The summed E-state index contributed by atoms with van der Waals surface area (Å²) >= 11 is 0. The van der Waals surface area contributed by atoms with E-state index >= 15 is 0 Å². The SMILES string of the molecule is COCC(C)N=C(NC(=O)c1ccc(F)c(F)c1)Nc1n[nH]c2cc(C(F)(F)F)ccc12. The number of aromatic nitrogens is 2. The van der Waals surface area contributed by atoms with E-state index < -0.39 is 35.3 Å². The maximum atomic E-state index is 13.5. The van der Waals surface area contributed by atoms with Crippen LogP contribution in [0.25, 0.3) is 10.9 Å². The fourth-order valence-corrected chi connectivity index (χ4v) is 2.82. The molecule has 1 atom stereocenters. The predicted octanol–water partition coefficient (Wildman–Crippen LogP) is 4.09. The number of aromatic amines is 1. The zero-order chi connectivity index (χ0) is 23.5. The van der Waals surface area contributed by atoms with E-state index in [0.717, 1.165) is 30.3 Å². The minimum absolute atomic E-state index is 0.0997. The summed E-state index contributed by atoms with van der Waals surface area (Å²) in [7, 11) is 1.46. The van der Waals surface area contributed by atoms with Crippen LogP contribution < -0.4 is 10.6 Å². The lowest BCUT2D eigenvalue weighted by atomic mass is 10.1. The van der Waals surface area contributed by atoms with Gasteiger partial charge in [0, 0.05) is 18.1 Å². The van der Waals surface area contributed by atoms with Crippen LogP contribution in [0.5, 0.6) is 0 Å². The number of hydrogen-bond donors (Lipinski definition) is 3. The van der Waals surface area contributed by atoms with E-state index in [4.69, 9.17) is 4.74 Å². The molecule has 12 heteroatoms. The minimum atomic E-state index is -4.52. The van der Waals surface area contributed by atoms with Crippen molar-refractivity contribution in [1.82, 2.24) is 15.5 Å². The fraction of sp³-hybridized carbons (Fsp3) is 0.250. The summed E-state index contributed by atoms with van der Waals surface area (Å²) in [6.07, 6.45) is -4.52. The maximum Gasteiger partial charge on any atom is 0.416 e. The van der Waals surface area contributed by atoms with Gasteiger partial charge in [0.15, 0.2) is 17.5 Å². The first-order valence-corrected chi connectivity index (χ1v) is 9.24. The number of fused-ring (bicyclic) bond motifs is 1. The molecule has 3 rings (SSSR count). The molecule has 0 aliphatic carbocycles. The number of rotatable bonds is 5. The largest absolute Gasteiger partial charge is 0.416 e. The normalized spacial score (nSPS) is 13.3. The minimum Gasteiger partial charge on any atom is -0.382 e. The Morgan fingerprint density at radius 3 is 2.59 bits per heavy atom. The van der Waals surface area contributed by atoms with Crippen molar-refractivity contribution in [2.24, 2.45) is 4.99 Å². The molecule has 1 unspecified atom stereocenters. The highest BCUT2D eigenvalue weighted by molar-refractivity contribution is 6.11. The van der Waals surface area contributed by atoms with Gasteiger partial charge >= 0.3 is 6.18 Å². The molecule has 1 amide bonds. The van der Waals surface area contributed by atoms with Crippen molar-refractivity contribution in [3.63, 3.8) is 0 Å². The van der Waals surface area contributed by atoms with Crippen molar-refractivity contribution >= 4 is 28.6 Å². The molecule has 0 radical (unpaired) electrons. The lowest BCUT2D eigenvalue weighted by Gasteiger charge is -2.13. The molecule has 2 aromatic carbocycles. The Bertz CT molecular complexity index is 1160. The van der Waals surface area contributed by atoms with Gasteiger partial charge in [-0.25, -0.2) is 13.8 Å². The Morgan fingerprint density at radius 2 is 1.94 bits per heavy atom. The number of nitrogens with one attached hydrogen (secondary N) is 3.